The van der Waals surface area contributed by atoms with Gasteiger partial charge in [0.1, 0.15) is 34.9 Å². The Balaban J connectivity index is 1.61. The van der Waals surface area contributed by atoms with E-state index >= 15 is 0 Å². The van der Waals surface area contributed by atoms with Gasteiger partial charge in [-0.3, -0.25) is 14.9 Å². The topological polar surface area (TPSA) is 147 Å². The van der Waals surface area contributed by atoms with Crippen LogP contribution in [0.2, 0.25) is 0 Å². The molecule has 2 aromatic rings. The number of likely N-dealkylation sites (tertiary alicyclic amines) is 1. The largest absolute Gasteiger partial charge is 0.471 e. The van der Waals surface area contributed by atoms with Gasteiger partial charge in [-0.05, 0) is 36.5 Å². The van der Waals surface area contributed by atoms with E-state index in [4.69, 9.17) is 10.5 Å². The van der Waals surface area contributed by atoms with Gasteiger partial charge in [0.05, 0.1) is 12.1 Å². The molecule has 4 amide bonds. The number of benzene rings is 1. The molecule has 1 aliphatic rings. The Hall–Kier alpha value is -2.84. The minimum Gasteiger partial charge on any atom is -0.471 e. The average Bonchev–Trinajstić information content (AvgIpc) is 3.41. The number of rotatable bonds is 8. The fraction of sp³-hybridized carbons (Fsp3) is 0.368. The number of aliphatic hydroxyl groups excluding tert-OH is 1. The monoisotopic (exact) mass is 547 g/mol. The average molecular weight is 548 g/mol. The summed E-state index contributed by atoms with van der Waals surface area (Å²) < 4.78 is 37.3. The molecule has 0 spiro atoms. The van der Waals surface area contributed by atoms with Crippen LogP contribution in [0.25, 0.3) is 0 Å². The van der Waals surface area contributed by atoms with Crippen molar-refractivity contribution in [1.29, 1.82) is 0 Å². The van der Waals surface area contributed by atoms with E-state index in [-0.39, 0.29) is 33.0 Å². The van der Waals surface area contributed by atoms with Gasteiger partial charge in [0.25, 0.3) is 11.8 Å². The van der Waals surface area contributed by atoms with Crippen molar-refractivity contribution in [1.82, 2.24) is 14.6 Å². The molecule has 0 aliphatic carbocycles. The predicted octanol–water partition coefficient (Wildman–Crippen LogP) is 1.97. The maximum atomic E-state index is 14.0. The summed E-state index contributed by atoms with van der Waals surface area (Å²) in [4.78, 5) is 37.6. The van der Waals surface area contributed by atoms with E-state index < -0.39 is 42.2 Å². The Kier molecular flexibility index (Phi) is 8.15. The van der Waals surface area contributed by atoms with E-state index in [1.165, 1.54) is 4.90 Å². The lowest BCUT2D eigenvalue weighted by Gasteiger charge is -2.19. The first-order chi connectivity index (χ1) is 15.7. The minimum absolute atomic E-state index is 0.0768. The molecule has 1 unspecified atom stereocenters. The second-order valence-electron chi connectivity index (χ2n) is 7.08. The molecule has 2 heterocycles. The molecule has 1 fully saturated rings. The number of aromatic nitrogens is 1. The van der Waals surface area contributed by atoms with Gasteiger partial charge >= 0.3 is 6.03 Å². The number of carbonyl (C=O) groups is 3. The molecule has 1 atom stereocenters. The van der Waals surface area contributed by atoms with Crippen LogP contribution in [-0.2, 0) is 11.4 Å². The standard InChI is InChI=1S/C19H20BrF2N5O5S/c20-9-5-11(21)10(12(22)6-9)8-32-16-14(15(23)29)17(33-26-16)25-19(31)24-7-13(28)18(30)27-3-1-2-4-27/h5-6,13,28H,1-4,7-8H2,(H2,23,29)(H2,24,25,31). The van der Waals surface area contributed by atoms with Gasteiger partial charge < -0.3 is 25.8 Å². The zero-order valence-corrected chi connectivity index (χ0v) is 19.5. The van der Waals surface area contributed by atoms with Crippen molar-refractivity contribution in [2.75, 3.05) is 25.0 Å². The molecule has 0 saturated carbocycles. The van der Waals surface area contributed by atoms with Crippen molar-refractivity contribution < 1.29 is 33.0 Å². The third-order valence-electron chi connectivity index (χ3n) is 4.75. The zero-order valence-electron chi connectivity index (χ0n) is 17.1. The van der Waals surface area contributed by atoms with Gasteiger partial charge in [0.15, 0.2) is 0 Å². The molecule has 1 aromatic carbocycles. The Labute approximate surface area is 199 Å². The van der Waals surface area contributed by atoms with Crippen LogP contribution < -0.4 is 21.1 Å². The zero-order chi connectivity index (χ0) is 24.1. The molecule has 1 aliphatic heterocycles. The number of hydrogen-bond donors (Lipinski definition) is 4. The van der Waals surface area contributed by atoms with E-state index in [9.17, 15) is 28.3 Å². The number of carbonyl (C=O) groups excluding carboxylic acids is 3. The molecule has 1 saturated heterocycles. The second kappa shape index (κ2) is 10.9. The van der Waals surface area contributed by atoms with Gasteiger partial charge in [-0.15, -0.1) is 0 Å². The van der Waals surface area contributed by atoms with Gasteiger partial charge in [-0.1, -0.05) is 15.9 Å². The minimum atomic E-state index is -1.42. The van der Waals surface area contributed by atoms with Gasteiger partial charge in [0.2, 0.25) is 5.88 Å². The van der Waals surface area contributed by atoms with Crippen LogP contribution in [0.5, 0.6) is 5.88 Å². The molecule has 33 heavy (non-hydrogen) atoms. The number of hydrogen-bond acceptors (Lipinski definition) is 7. The summed E-state index contributed by atoms with van der Waals surface area (Å²) in [5, 5.41) is 14.6. The predicted molar refractivity (Wildman–Crippen MR) is 118 cm³/mol. The summed E-state index contributed by atoms with van der Waals surface area (Å²) in [5.74, 6) is -3.51. The third kappa shape index (κ3) is 6.15. The number of nitrogens with one attached hydrogen (secondary N) is 2. The van der Waals surface area contributed by atoms with E-state index in [0.29, 0.717) is 24.6 Å². The molecular formula is C19H20BrF2N5O5S. The van der Waals surface area contributed by atoms with Crippen molar-refractivity contribution in [3.05, 3.63) is 39.4 Å². The van der Waals surface area contributed by atoms with Crippen LogP contribution in [0.4, 0.5) is 18.6 Å². The number of aliphatic hydroxyl groups is 1. The molecule has 10 nitrogen and oxygen atoms in total. The molecule has 0 radical (unpaired) electrons. The van der Waals surface area contributed by atoms with Crippen molar-refractivity contribution in [3.8, 4) is 5.88 Å². The third-order valence-corrected chi connectivity index (χ3v) is 5.96. The molecule has 5 N–H and O–H groups in total. The van der Waals surface area contributed by atoms with Crippen molar-refractivity contribution in [2.45, 2.75) is 25.6 Å². The molecule has 14 heteroatoms. The smallest absolute Gasteiger partial charge is 0.320 e. The molecule has 1 aromatic heterocycles. The van der Waals surface area contributed by atoms with Crippen molar-refractivity contribution in [2.24, 2.45) is 5.73 Å². The van der Waals surface area contributed by atoms with Gasteiger partial charge in [-0.2, -0.15) is 4.37 Å². The van der Waals surface area contributed by atoms with Crippen LogP contribution in [0.3, 0.4) is 0 Å². The van der Waals surface area contributed by atoms with E-state index in [1.807, 2.05) is 0 Å². The molecule has 0 bridgehead atoms. The number of primary amides is 1. The number of halogens is 3. The fourth-order valence-corrected chi connectivity index (χ4v) is 4.24. The quantitative estimate of drug-likeness (QED) is 0.397. The lowest BCUT2D eigenvalue weighted by molar-refractivity contribution is -0.138. The second-order valence-corrected chi connectivity index (χ2v) is 8.77. The van der Waals surface area contributed by atoms with Crippen molar-refractivity contribution >= 4 is 50.3 Å². The Bertz CT molecular complexity index is 1040. The molecule has 3 rings (SSSR count). The highest BCUT2D eigenvalue weighted by Crippen LogP contribution is 2.31. The van der Waals surface area contributed by atoms with E-state index in [1.54, 1.807) is 0 Å². The number of anilines is 1. The van der Waals surface area contributed by atoms with Crippen LogP contribution in [0.1, 0.15) is 28.8 Å². The molecular weight excluding hydrogens is 528 g/mol. The lowest BCUT2D eigenvalue weighted by Crippen LogP contribution is -2.44. The first kappa shape index (κ1) is 24.8. The number of nitrogens with two attached hydrogens (primary N) is 1. The highest BCUT2D eigenvalue weighted by atomic mass is 79.9. The highest BCUT2D eigenvalue weighted by Gasteiger charge is 2.26. The van der Waals surface area contributed by atoms with Crippen LogP contribution >= 0.6 is 27.5 Å². The summed E-state index contributed by atoms with van der Waals surface area (Å²) in [5.41, 5.74) is 4.67. The van der Waals surface area contributed by atoms with Gasteiger partial charge in [0, 0.05) is 17.6 Å². The number of amides is 4. The first-order valence-corrected chi connectivity index (χ1v) is 11.3. The lowest BCUT2D eigenvalue weighted by atomic mass is 10.2. The summed E-state index contributed by atoms with van der Waals surface area (Å²) >= 11 is 3.63. The van der Waals surface area contributed by atoms with E-state index in [2.05, 4.69) is 30.9 Å². The first-order valence-electron chi connectivity index (χ1n) is 9.74. The normalized spacial score (nSPS) is 14.1. The Morgan fingerprint density at radius 2 is 1.91 bits per heavy atom. The Morgan fingerprint density at radius 1 is 1.27 bits per heavy atom. The SMILES string of the molecule is NC(=O)c1c(OCc2c(F)cc(Br)cc2F)nsc1NC(=O)NCC(O)C(=O)N1CCCC1. The summed E-state index contributed by atoms with van der Waals surface area (Å²) in [6.07, 6.45) is 0.304. The van der Waals surface area contributed by atoms with Crippen LogP contribution in [0.15, 0.2) is 16.6 Å². The summed E-state index contributed by atoms with van der Waals surface area (Å²) in [6, 6.07) is 1.28. The summed E-state index contributed by atoms with van der Waals surface area (Å²) in [6.45, 7) is 0.187. The summed E-state index contributed by atoms with van der Waals surface area (Å²) in [7, 11) is 0. The maximum absolute atomic E-state index is 14.0. The highest BCUT2D eigenvalue weighted by molar-refractivity contribution is 9.10. The number of nitrogens with zero attached hydrogens (tertiary/aromatic N) is 2. The van der Waals surface area contributed by atoms with E-state index in [0.717, 1.165) is 25.0 Å². The maximum Gasteiger partial charge on any atom is 0.320 e. The number of ether oxygens (including phenoxy) is 1. The molecule has 178 valence electrons. The number of urea groups is 1. The Morgan fingerprint density at radius 3 is 2.52 bits per heavy atom. The van der Waals surface area contributed by atoms with Crippen LogP contribution in [-0.4, -0.2) is 58.0 Å². The van der Waals surface area contributed by atoms with Crippen molar-refractivity contribution in [3.63, 3.8) is 0 Å². The van der Waals surface area contributed by atoms with Crippen LogP contribution in [0, 0.1) is 11.6 Å². The van der Waals surface area contributed by atoms with Gasteiger partial charge in [-0.25, -0.2) is 13.6 Å². The fourth-order valence-electron chi connectivity index (χ4n) is 3.10.